The molecule has 0 amide bonds. The second kappa shape index (κ2) is 7.17. The Morgan fingerprint density at radius 3 is 2.64 bits per heavy atom. The van der Waals surface area contributed by atoms with E-state index >= 15 is 0 Å². The number of aliphatic imine (C=N–C) groups is 1. The van der Waals surface area contributed by atoms with Crippen molar-refractivity contribution in [3.63, 3.8) is 0 Å². The van der Waals surface area contributed by atoms with Crippen LogP contribution in [0.25, 0.3) is 0 Å². The van der Waals surface area contributed by atoms with Crippen LogP contribution in [-0.2, 0) is 11.2 Å². The highest BCUT2D eigenvalue weighted by atomic mass is 16.5. The van der Waals surface area contributed by atoms with E-state index in [2.05, 4.69) is 54.1 Å². The summed E-state index contributed by atoms with van der Waals surface area (Å²) in [5, 5.41) is 0. The van der Waals surface area contributed by atoms with Crippen LogP contribution in [0.15, 0.2) is 35.3 Å². The van der Waals surface area contributed by atoms with E-state index in [1.807, 2.05) is 0 Å². The number of ether oxygens (including phenoxy) is 1. The van der Waals surface area contributed by atoms with Crippen molar-refractivity contribution >= 4 is 6.02 Å². The number of amidine groups is 1. The number of likely N-dealkylation sites (tertiary alicyclic amines) is 1. The van der Waals surface area contributed by atoms with E-state index in [0.29, 0.717) is 12.0 Å². The maximum atomic E-state index is 6.08. The first-order valence-corrected chi connectivity index (χ1v) is 8.76. The standard InChI is InChI=1S/C19H28N2O/c1-3-15(2)18-14-20-19(22-18)21-11-9-17(10-12-21)13-16-7-5-4-6-8-16/h4-8,15,17-18H,3,9-14H2,1-2H3. The maximum Gasteiger partial charge on any atom is 0.287 e. The molecule has 1 fully saturated rings. The van der Waals surface area contributed by atoms with Crippen molar-refractivity contribution in [1.29, 1.82) is 0 Å². The molecule has 0 spiro atoms. The minimum absolute atomic E-state index is 0.294. The van der Waals surface area contributed by atoms with Gasteiger partial charge in [-0.3, -0.25) is 0 Å². The molecule has 1 aromatic carbocycles. The number of hydrogen-bond acceptors (Lipinski definition) is 3. The zero-order chi connectivity index (χ0) is 15.4. The van der Waals surface area contributed by atoms with Gasteiger partial charge in [-0.05, 0) is 43.1 Å². The van der Waals surface area contributed by atoms with E-state index in [1.54, 1.807) is 0 Å². The average Bonchev–Trinajstić information content (AvgIpc) is 3.06. The molecular weight excluding hydrogens is 272 g/mol. The molecule has 2 atom stereocenters. The summed E-state index contributed by atoms with van der Waals surface area (Å²) in [4.78, 5) is 6.99. The first kappa shape index (κ1) is 15.4. The van der Waals surface area contributed by atoms with Crippen molar-refractivity contribution in [3.05, 3.63) is 35.9 Å². The fourth-order valence-electron chi connectivity index (χ4n) is 3.39. The van der Waals surface area contributed by atoms with Gasteiger partial charge in [-0.15, -0.1) is 0 Å². The Kier molecular flexibility index (Phi) is 5.01. The molecule has 0 aromatic heterocycles. The molecule has 2 heterocycles. The van der Waals surface area contributed by atoms with Crippen LogP contribution in [-0.4, -0.2) is 36.7 Å². The van der Waals surface area contributed by atoms with Crippen LogP contribution in [0.5, 0.6) is 0 Å². The van der Waals surface area contributed by atoms with Crippen molar-refractivity contribution in [1.82, 2.24) is 4.90 Å². The van der Waals surface area contributed by atoms with Gasteiger partial charge in [0.25, 0.3) is 6.02 Å². The SMILES string of the molecule is CCC(C)C1CN=C(N2CCC(Cc3ccccc3)CC2)O1. The summed E-state index contributed by atoms with van der Waals surface area (Å²) in [6, 6.07) is 11.8. The minimum Gasteiger partial charge on any atom is -0.460 e. The molecule has 0 bridgehead atoms. The summed E-state index contributed by atoms with van der Waals surface area (Å²) in [7, 11) is 0. The van der Waals surface area contributed by atoms with Gasteiger partial charge in [-0.25, -0.2) is 4.99 Å². The Balaban J connectivity index is 1.46. The lowest BCUT2D eigenvalue weighted by molar-refractivity contribution is 0.121. The largest absolute Gasteiger partial charge is 0.460 e. The van der Waals surface area contributed by atoms with Gasteiger partial charge in [0.15, 0.2) is 0 Å². The minimum atomic E-state index is 0.294. The fourth-order valence-corrected chi connectivity index (χ4v) is 3.39. The molecular formula is C19H28N2O. The molecule has 120 valence electrons. The van der Waals surface area contributed by atoms with Gasteiger partial charge in [-0.1, -0.05) is 44.2 Å². The van der Waals surface area contributed by atoms with Crippen LogP contribution in [0.4, 0.5) is 0 Å². The van der Waals surface area contributed by atoms with E-state index < -0.39 is 0 Å². The van der Waals surface area contributed by atoms with Crippen molar-refractivity contribution in [2.75, 3.05) is 19.6 Å². The number of benzene rings is 1. The van der Waals surface area contributed by atoms with Crippen LogP contribution < -0.4 is 0 Å². The highest BCUT2D eigenvalue weighted by molar-refractivity contribution is 5.75. The van der Waals surface area contributed by atoms with Crippen molar-refractivity contribution < 1.29 is 4.74 Å². The molecule has 2 unspecified atom stereocenters. The van der Waals surface area contributed by atoms with Crippen molar-refractivity contribution in [3.8, 4) is 0 Å². The summed E-state index contributed by atoms with van der Waals surface area (Å²) in [5.41, 5.74) is 1.47. The lowest BCUT2D eigenvalue weighted by Gasteiger charge is -2.33. The lowest BCUT2D eigenvalue weighted by atomic mass is 9.90. The van der Waals surface area contributed by atoms with E-state index in [9.17, 15) is 0 Å². The van der Waals surface area contributed by atoms with E-state index in [0.717, 1.165) is 38.0 Å². The average molecular weight is 300 g/mol. The molecule has 3 rings (SSSR count). The third-order valence-electron chi connectivity index (χ3n) is 5.19. The van der Waals surface area contributed by atoms with Crippen LogP contribution >= 0.6 is 0 Å². The van der Waals surface area contributed by atoms with E-state index in [-0.39, 0.29) is 0 Å². The van der Waals surface area contributed by atoms with E-state index in [4.69, 9.17) is 4.74 Å². The van der Waals surface area contributed by atoms with Gasteiger partial charge >= 0.3 is 0 Å². The predicted molar refractivity (Wildman–Crippen MR) is 91.1 cm³/mol. The first-order valence-electron chi connectivity index (χ1n) is 8.76. The predicted octanol–water partition coefficient (Wildman–Crippen LogP) is 3.74. The summed E-state index contributed by atoms with van der Waals surface area (Å²) >= 11 is 0. The van der Waals surface area contributed by atoms with Gasteiger partial charge < -0.3 is 9.64 Å². The molecule has 0 aliphatic carbocycles. The van der Waals surface area contributed by atoms with Crippen LogP contribution in [0.3, 0.4) is 0 Å². The zero-order valence-electron chi connectivity index (χ0n) is 13.9. The Bertz CT molecular complexity index is 491. The molecule has 1 aromatic rings. The number of piperidine rings is 1. The van der Waals surface area contributed by atoms with Crippen LogP contribution in [0, 0.1) is 11.8 Å². The normalized spacial score (nSPS) is 24.0. The van der Waals surface area contributed by atoms with Crippen molar-refractivity contribution in [2.45, 2.75) is 45.6 Å². The molecule has 0 N–H and O–H groups in total. The first-order chi connectivity index (χ1) is 10.8. The molecule has 22 heavy (non-hydrogen) atoms. The zero-order valence-corrected chi connectivity index (χ0v) is 13.9. The Labute approximate surface area is 134 Å². The third-order valence-corrected chi connectivity index (χ3v) is 5.19. The maximum absolute atomic E-state index is 6.08. The topological polar surface area (TPSA) is 24.8 Å². The third kappa shape index (κ3) is 3.63. The lowest BCUT2D eigenvalue weighted by Crippen LogP contribution is -2.40. The van der Waals surface area contributed by atoms with Crippen LogP contribution in [0.1, 0.15) is 38.7 Å². The second-order valence-corrected chi connectivity index (χ2v) is 6.79. The quantitative estimate of drug-likeness (QED) is 0.846. The molecule has 2 aliphatic heterocycles. The number of rotatable bonds is 4. The molecule has 3 nitrogen and oxygen atoms in total. The Hall–Kier alpha value is -1.51. The molecule has 2 aliphatic rings. The van der Waals surface area contributed by atoms with Crippen molar-refractivity contribution in [2.24, 2.45) is 16.8 Å². The van der Waals surface area contributed by atoms with Gasteiger partial charge in [0, 0.05) is 13.1 Å². The van der Waals surface area contributed by atoms with Gasteiger partial charge in [0.2, 0.25) is 0 Å². The Morgan fingerprint density at radius 2 is 1.95 bits per heavy atom. The molecule has 0 saturated carbocycles. The fraction of sp³-hybridized carbons (Fsp3) is 0.632. The van der Waals surface area contributed by atoms with Crippen LogP contribution in [0.2, 0.25) is 0 Å². The van der Waals surface area contributed by atoms with Gasteiger partial charge in [0.1, 0.15) is 6.10 Å². The highest BCUT2D eigenvalue weighted by Gasteiger charge is 2.30. The molecule has 0 radical (unpaired) electrons. The highest BCUT2D eigenvalue weighted by Crippen LogP contribution is 2.25. The second-order valence-electron chi connectivity index (χ2n) is 6.79. The number of nitrogens with zero attached hydrogens (tertiary/aromatic N) is 2. The molecule has 1 saturated heterocycles. The van der Waals surface area contributed by atoms with E-state index in [1.165, 1.54) is 24.8 Å². The molecule has 3 heteroatoms. The summed E-state index contributed by atoms with van der Waals surface area (Å²) in [6.07, 6.45) is 5.14. The summed E-state index contributed by atoms with van der Waals surface area (Å²) in [5.74, 6) is 1.39. The summed E-state index contributed by atoms with van der Waals surface area (Å²) in [6.45, 7) is 7.50. The number of hydrogen-bond donors (Lipinski definition) is 0. The van der Waals surface area contributed by atoms with Gasteiger partial charge in [0.05, 0.1) is 6.54 Å². The Morgan fingerprint density at radius 1 is 1.23 bits per heavy atom. The smallest absolute Gasteiger partial charge is 0.287 e. The summed E-state index contributed by atoms with van der Waals surface area (Å²) < 4.78 is 6.08. The monoisotopic (exact) mass is 300 g/mol. The van der Waals surface area contributed by atoms with Gasteiger partial charge in [-0.2, -0.15) is 0 Å².